The maximum absolute atomic E-state index is 13.3. The SMILES string of the molecule is CCOc1ccc([C@H]2C(=C(O)c3ccc(OC)c(C)c3)C(=O)C(=O)N2CCN2CCOCC2)cc1. The summed E-state index contributed by atoms with van der Waals surface area (Å²) in [6, 6.07) is 11.8. The molecule has 2 saturated heterocycles. The molecule has 4 rings (SSSR count). The average molecular weight is 481 g/mol. The molecule has 35 heavy (non-hydrogen) atoms. The van der Waals surface area contributed by atoms with Crippen molar-refractivity contribution < 1.29 is 28.9 Å². The van der Waals surface area contributed by atoms with E-state index in [1.807, 2.05) is 38.1 Å². The van der Waals surface area contributed by atoms with Crippen molar-refractivity contribution in [3.05, 3.63) is 64.7 Å². The third-order valence-electron chi connectivity index (χ3n) is 6.48. The number of rotatable bonds is 8. The molecule has 0 unspecified atom stereocenters. The van der Waals surface area contributed by atoms with Crippen LogP contribution in [0.2, 0.25) is 0 Å². The molecule has 2 aliphatic heterocycles. The van der Waals surface area contributed by atoms with Gasteiger partial charge in [0.1, 0.15) is 17.3 Å². The van der Waals surface area contributed by atoms with Crippen molar-refractivity contribution in [2.45, 2.75) is 19.9 Å². The van der Waals surface area contributed by atoms with E-state index in [-0.39, 0.29) is 11.3 Å². The number of aryl methyl sites for hydroxylation is 1. The number of hydrogen-bond donors (Lipinski definition) is 1. The number of methoxy groups -OCH3 is 1. The molecular weight excluding hydrogens is 448 g/mol. The summed E-state index contributed by atoms with van der Waals surface area (Å²) in [5.41, 5.74) is 2.10. The van der Waals surface area contributed by atoms with Gasteiger partial charge in [-0.3, -0.25) is 14.5 Å². The Morgan fingerprint density at radius 2 is 1.80 bits per heavy atom. The van der Waals surface area contributed by atoms with Gasteiger partial charge in [-0.25, -0.2) is 0 Å². The number of carbonyl (C=O) groups is 2. The Kier molecular flexibility index (Phi) is 7.73. The Labute approximate surface area is 205 Å². The number of aliphatic hydroxyl groups is 1. The summed E-state index contributed by atoms with van der Waals surface area (Å²) >= 11 is 0. The molecule has 0 spiro atoms. The Hall–Kier alpha value is -3.36. The molecule has 0 aromatic heterocycles. The lowest BCUT2D eigenvalue weighted by atomic mass is 9.94. The second kappa shape index (κ2) is 10.9. The van der Waals surface area contributed by atoms with Gasteiger partial charge in [-0.15, -0.1) is 0 Å². The number of carbonyl (C=O) groups excluding carboxylic acids is 2. The summed E-state index contributed by atoms with van der Waals surface area (Å²) in [6.07, 6.45) is 0. The van der Waals surface area contributed by atoms with E-state index in [2.05, 4.69) is 4.90 Å². The quantitative estimate of drug-likeness (QED) is 0.353. The fourth-order valence-corrected chi connectivity index (χ4v) is 4.63. The van der Waals surface area contributed by atoms with E-state index in [1.165, 1.54) is 0 Å². The fourth-order valence-electron chi connectivity index (χ4n) is 4.63. The lowest BCUT2D eigenvalue weighted by Gasteiger charge is -2.31. The highest BCUT2D eigenvalue weighted by Crippen LogP contribution is 2.40. The lowest BCUT2D eigenvalue weighted by Crippen LogP contribution is -2.42. The van der Waals surface area contributed by atoms with Gasteiger partial charge in [-0.2, -0.15) is 0 Å². The van der Waals surface area contributed by atoms with Crippen LogP contribution in [0.1, 0.15) is 29.7 Å². The summed E-state index contributed by atoms with van der Waals surface area (Å²) in [7, 11) is 1.58. The Morgan fingerprint density at radius 1 is 1.09 bits per heavy atom. The Morgan fingerprint density at radius 3 is 2.43 bits per heavy atom. The van der Waals surface area contributed by atoms with Gasteiger partial charge in [0.15, 0.2) is 0 Å². The maximum atomic E-state index is 13.3. The minimum Gasteiger partial charge on any atom is -0.507 e. The summed E-state index contributed by atoms with van der Waals surface area (Å²) in [4.78, 5) is 30.2. The van der Waals surface area contributed by atoms with Crippen molar-refractivity contribution in [1.82, 2.24) is 9.80 Å². The summed E-state index contributed by atoms with van der Waals surface area (Å²) in [5, 5.41) is 11.3. The first-order valence-corrected chi connectivity index (χ1v) is 11.9. The minimum atomic E-state index is -0.700. The number of Topliss-reactive ketones (excluding diaryl/α,β-unsaturated/α-hetero) is 1. The van der Waals surface area contributed by atoms with Crippen LogP contribution in [0.4, 0.5) is 0 Å². The number of hydrogen-bond acceptors (Lipinski definition) is 7. The maximum Gasteiger partial charge on any atom is 0.295 e. The topological polar surface area (TPSA) is 88.5 Å². The molecule has 1 N–H and O–H groups in total. The van der Waals surface area contributed by atoms with Crippen LogP contribution in [-0.4, -0.2) is 79.7 Å². The summed E-state index contributed by atoms with van der Waals surface area (Å²) in [6.45, 7) is 8.15. The van der Waals surface area contributed by atoms with E-state index in [0.29, 0.717) is 50.0 Å². The van der Waals surface area contributed by atoms with E-state index in [9.17, 15) is 14.7 Å². The van der Waals surface area contributed by atoms with Crippen LogP contribution < -0.4 is 9.47 Å². The first kappa shape index (κ1) is 24.8. The van der Waals surface area contributed by atoms with Crippen LogP contribution >= 0.6 is 0 Å². The van der Waals surface area contributed by atoms with Gasteiger partial charge in [0.2, 0.25) is 0 Å². The van der Waals surface area contributed by atoms with E-state index in [4.69, 9.17) is 14.2 Å². The van der Waals surface area contributed by atoms with Crippen molar-refractivity contribution >= 4 is 17.4 Å². The van der Waals surface area contributed by atoms with Crippen molar-refractivity contribution in [2.75, 3.05) is 53.1 Å². The molecule has 1 amide bonds. The fraction of sp³-hybridized carbons (Fsp3) is 0.407. The molecule has 2 aromatic rings. The largest absolute Gasteiger partial charge is 0.507 e. The summed E-state index contributed by atoms with van der Waals surface area (Å²) in [5.74, 6) is -0.106. The van der Waals surface area contributed by atoms with Gasteiger partial charge in [0, 0.05) is 31.7 Å². The van der Waals surface area contributed by atoms with Crippen molar-refractivity contribution in [2.24, 2.45) is 0 Å². The highest BCUT2D eigenvalue weighted by Gasteiger charge is 2.46. The van der Waals surface area contributed by atoms with Crippen LogP contribution in [-0.2, 0) is 14.3 Å². The smallest absolute Gasteiger partial charge is 0.295 e. The standard InChI is InChI=1S/C27H32N2O6/c1-4-35-21-8-5-19(6-9-21)24-23(25(30)20-7-10-22(33-3)18(2)17-20)26(31)27(32)29(24)12-11-28-13-15-34-16-14-28/h5-10,17,24,30H,4,11-16H2,1-3H3/t24-/m0/s1. The number of ether oxygens (including phenoxy) is 3. The number of benzene rings is 2. The van der Waals surface area contributed by atoms with Gasteiger partial charge in [0.25, 0.3) is 11.7 Å². The third-order valence-corrected chi connectivity index (χ3v) is 6.48. The van der Waals surface area contributed by atoms with E-state index < -0.39 is 17.7 Å². The number of morpholine rings is 1. The molecule has 186 valence electrons. The van der Waals surface area contributed by atoms with Gasteiger partial charge in [-0.1, -0.05) is 12.1 Å². The van der Waals surface area contributed by atoms with Gasteiger partial charge in [0.05, 0.1) is 38.5 Å². The first-order chi connectivity index (χ1) is 16.9. The summed E-state index contributed by atoms with van der Waals surface area (Å²) < 4.78 is 16.3. The van der Waals surface area contributed by atoms with Gasteiger partial charge in [-0.05, 0) is 55.3 Å². The van der Waals surface area contributed by atoms with Crippen LogP contribution in [0.5, 0.6) is 11.5 Å². The van der Waals surface area contributed by atoms with Gasteiger partial charge >= 0.3 is 0 Å². The molecular formula is C27H32N2O6. The number of aliphatic hydroxyl groups excluding tert-OH is 1. The average Bonchev–Trinajstić information content (AvgIpc) is 3.13. The number of likely N-dealkylation sites (tertiary alicyclic amines) is 1. The van der Waals surface area contributed by atoms with E-state index in [0.717, 1.165) is 24.2 Å². The molecule has 2 aliphatic rings. The highest BCUT2D eigenvalue weighted by atomic mass is 16.5. The molecule has 2 heterocycles. The van der Waals surface area contributed by atoms with Gasteiger partial charge < -0.3 is 24.2 Å². The zero-order valence-corrected chi connectivity index (χ0v) is 20.5. The molecule has 0 radical (unpaired) electrons. The highest BCUT2D eigenvalue weighted by molar-refractivity contribution is 6.46. The van der Waals surface area contributed by atoms with E-state index >= 15 is 0 Å². The molecule has 8 heteroatoms. The first-order valence-electron chi connectivity index (χ1n) is 11.9. The van der Waals surface area contributed by atoms with Crippen molar-refractivity contribution in [3.63, 3.8) is 0 Å². The predicted molar refractivity (Wildman–Crippen MR) is 132 cm³/mol. The number of amides is 1. The molecule has 0 bridgehead atoms. The second-order valence-corrected chi connectivity index (χ2v) is 8.63. The van der Waals surface area contributed by atoms with E-state index in [1.54, 1.807) is 30.2 Å². The van der Waals surface area contributed by atoms with Crippen molar-refractivity contribution in [1.29, 1.82) is 0 Å². The van der Waals surface area contributed by atoms with Crippen LogP contribution in [0, 0.1) is 6.92 Å². The molecule has 0 saturated carbocycles. The molecule has 1 atom stereocenters. The molecule has 2 fully saturated rings. The minimum absolute atomic E-state index is 0.0886. The Bertz CT molecular complexity index is 1110. The molecule has 8 nitrogen and oxygen atoms in total. The number of ketones is 1. The monoisotopic (exact) mass is 480 g/mol. The van der Waals surface area contributed by atoms with Crippen LogP contribution in [0.15, 0.2) is 48.0 Å². The normalized spacial score (nSPS) is 20.3. The lowest BCUT2D eigenvalue weighted by molar-refractivity contribution is -0.140. The predicted octanol–water partition coefficient (Wildman–Crippen LogP) is 3.16. The molecule has 2 aromatic carbocycles. The Balaban J connectivity index is 1.73. The van der Waals surface area contributed by atoms with Crippen LogP contribution in [0.25, 0.3) is 5.76 Å². The van der Waals surface area contributed by atoms with Crippen molar-refractivity contribution in [3.8, 4) is 11.5 Å². The zero-order chi connectivity index (χ0) is 24.9. The van der Waals surface area contributed by atoms with Crippen LogP contribution in [0.3, 0.4) is 0 Å². The zero-order valence-electron chi connectivity index (χ0n) is 20.5. The molecule has 0 aliphatic carbocycles. The number of nitrogens with zero attached hydrogens (tertiary/aromatic N) is 2. The third kappa shape index (κ3) is 5.18. The second-order valence-electron chi connectivity index (χ2n) is 8.63.